The van der Waals surface area contributed by atoms with Crippen LogP contribution in [0, 0.1) is 0 Å². The molecule has 1 amide bonds. The molecule has 2 N–H and O–H groups in total. The normalized spacial score (nSPS) is 14.8. The van der Waals surface area contributed by atoms with Crippen LogP contribution in [0.15, 0.2) is 72.9 Å². The number of nitrogens with zero attached hydrogens (tertiary/aromatic N) is 1. The summed E-state index contributed by atoms with van der Waals surface area (Å²) in [4.78, 5) is 25.4. The van der Waals surface area contributed by atoms with Crippen molar-refractivity contribution in [2.45, 2.75) is 206 Å². The van der Waals surface area contributed by atoms with E-state index in [0.29, 0.717) is 17.4 Å². The molecule has 0 aliphatic carbocycles. The second-order valence-electron chi connectivity index (χ2n) is 17.4. The maximum Gasteiger partial charge on any atom is 0.268 e. The SMILES string of the molecule is CC/C=C\C/C=C\C/C=C\C/C=C\C/C=C\CCCCCCCC(=O)NC(COP(=O)([O-])OCC[N+](C)(C)C)C(O)/C=C/CCCCCCCCCCCCCCCCC. The lowest BCUT2D eigenvalue weighted by molar-refractivity contribution is -0.870. The smallest absolute Gasteiger partial charge is 0.268 e. The molecule has 8 nitrogen and oxygen atoms in total. The monoisotopic (exact) mass is 861 g/mol. The Labute approximate surface area is 370 Å². The first-order valence-corrected chi connectivity index (χ1v) is 25.8. The number of likely N-dealkylation sites (N-methyl/N-ethyl adjacent to an activating group) is 1. The van der Waals surface area contributed by atoms with Crippen molar-refractivity contribution < 1.29 is 32.9 Å². The number of aliphatic hydroxyl groups is 1. The van der Waals surface area contributed by atoms with Gasteiger partial charge in [0.15, 0.2) is 0 Å². The largest absolute Gasteiger partial charge is 0.756 e. The van der Waals surface area contributed by atoms with Gasteiger partial charge in [-0.15, -0.1) is 0 Å². The number of phosphoric ester groups is 1. The first kappa shape index (κ1) is 57.9. The van der Waals surface area contributed by atoms with Crippen LogP contribution in [0.25, 0.3) is 0 Å². The van der Waals surface area contributed by atoms with Crippen LogP contribution in [0.3, 0.4) is 0 Å². The lowest BCUT2D eigenvalue weighted by Gasteiger charge is -2.29. The van der Waals surface area contributed by atoms with E-state index in [9.17, 15) is 19.4 Å². The van der Waals surface area contributed by atoms with E-state index in [1.165, 1.54) is 83.5 Å². The van der Waals surface area contributed by atoms with Crippen molar-refractivity contribution in [2.75, 3.05) is 40.9 Å². The Hall–Kier alpha value is -2.06. The molecular formula is C51H93N2O6P. The lowest BCUT2D eigenvalue weighted by atomic mass is 10.0. The average molecular weight is 861 g/mol. The number of hydrogen-bond donors (Lipinski definition) is 2. The molecule has 0 saturated carbocycles. The number of phosphoric acid groups is 1. The van der Waals surface area contributed by atoms with Crippen LogP contribution < -0.4 is 10.2 Å². The van der Waals surface area contributed by atoms with Gasteiger partial charge in [-0.25, -0.2) is 0 Å². The number of carbonyl (C=O) groups excluding carboxylic acids is 1. The standard InChI is InChI=1S/C51H93N2O6P/c1-6-8-10-12-14-16-18-20-22-24-25-26-27-29-31-33-35-37-39-41-43-45-51(55)52-49(48-59-60(56,57)58-47-46-53(3,4)5)50(54)44-42-40-38-36-34-32-30-28-23-21-19-17-15-13-11-9-7-2/h8,10,14,16,20,22,25-26,29,31,42,44,49-50,54H,6-7,9,11-13,15,17-19,21,23-24,27-28,30,32-41,43,45-48H2,1-5H3,(H-,52,55,56,57)/b10-8-,16-14-,22-20-,26-25-,31-29-,44-42+. The zero-order chi connectivity index (χ0) is 44.3. The van der Waals surface area contributed by atoms with Crippen molar-refractivity contribution in [1.82, 2.24) is 5.32 Å². The summed E-state index contributed by atoms with van der Waals surface area (Å²) in [5, 5.41) is 13.8. The highest BCUT2D eigenvalue weighted by atomic mass is 31.2. The molecule has 0 spiro atoms. The van der Waals surface area contributed by atoms with E-state index in [-0.39, 0.29) is 12.5 Å². The van der Waals surface area contributed by atoms with E-state index in [4.69, 9.17) is 9.05 Å². The first-order chi connectivity index (χ1) is 29.0. The Balaban J connectivity index is 4.42. The Kier molecular flexibility index (Phi) is 40.8. The highest BCUT2D eigenvalue weighted by Gasteiger charge is 2.23. The average Bonchev–Trinajstić information content (AvgIpc) is 3.20. The van der Waals surface area contributed by atoms with Crippen LogP contribution in [0.2, 0.25) is 0 Å². The quantitative estimate of drug-likeness (QED) is 0.0274. The van der Waals surface area contributed by atoms with Gasteiger partial charge in [0.05, 0.1) is 39.9 Å². The molecule has 60 heavy (non-hydrogen) atoms. The molecule has 0 rings (SSSR count). The van der Waals surface area contributed by atoms with Crippen molar-refractivity contribution >= 4 is 13.7 Å². The highest BCUT2D eigenvalue weighted by Crippen LogP contribution is 2.38. The number of rotatable bonds is 43. The van der Waals surface area contributed by atoms with Crippen molar-refractivity contribution in [1.29, 1.82) is 0 Å². The number of nitrogens with one attached hydrogen (secondary N) is 1. The lowest BCUT2D eigenvalue weighted by Crippen LogP contribution is -2.45. The third-order valence-electron chi connectivity index (χ3n) is 10.4. The molecule has 3 unspecified atom stereocenters. The Bertz CT molecular complexity index is 1200. The number of unbranched alkanes of at least 4 members (excludes halogenated alkanes) is 20. The fourth-order valence-electron chi connectivity index (χ4n) is 6.59. The van der Waals surface area contributed by atoms with E-state index < -0.39 is 26.6 Å². The molecule has 0 heterocycles. The summed E-state index contributed by atoms with van der Waals surface area (Å²) in [5.41, 5.74) is 0. The molecule has 348 valence electrons. The third-order valence-corrected chi connectivity index (χ3v) is 11.4. The molecule has 0 aromatic rings. The van der Waals surface area contributed by atoms with Crippen molar-refractivity contribution in [3.05, 3.63) is 72.9 Å². The topological polar surface area (TPSA) is 108 Å². The van der Waals surface area contributed by atoms with E-state index in [2.05, 4.69) is 79.9 Å². The second kappa shape index (κ2) is 42.3. The second-order valence-corrected chi connectivity index (χ2v) is 18.8. The fraction of sp³-hybridized carbons (Fsp3) is 0.745. The molecule has 0 radical (unpaired) electrons. The maximum absolute atomic E-state index is 12.9. The van der Waals surface area contributed by atoms with Crippen molar-refractivity contribution in [3.63, 3.8) is 0 Å². The van der Waals surface area contributed by atoms with E-state index >= 15 is 0 Å². The van der Waals surface area contributed by atoms with Crippen LogP contribution in [0.5, 0.6) is 0 Å². The Morgan fingerprint density at radius 3 is 1.48 bits per heavy atom. The van der Waals surface area contributed by atoms with E-state index in [1.807, 2.05) is 27.2 Å². The number of hydrogen-bond acceptors (Lipinski definition) is 6. The van der Waals surface area contributed by atoms with E-state index in [0.717, 1.165) is 89.9 Å². The van der Waals surface area contributed by atoms with Crippen LogP contribution in [0.4, 0.5) is 0 Å². The summed E-state index contributed by atoms with van der Waals surface area (Å²) in [6, 6.07) is -0.900. The minimum atomic E-state index is -4.60. The zero-order valence-electron chi connectivity index (χ0n) is 39.4. The van der Waals surface area contributed by atoms with Gasteiger partial charge in [0.2, 0.25) is 5.91 Å². The Morgan fingerprint density at radius 2 is 1.02 bits per heavy atom. The van der Waals surface area contributed by atoms with Crippen LogP contribution in [-0.2, 0) is 18.4 Å². The summed E-state index contributed by atoms with van der Waals surface area (Å²) in [5.74, 6) is -0.219. The van der Waals surface area contributed by atoms with Gasteiger partial charge in [0.25, 0.3) is 7.82 Å². The highest BCUT2D eigenvalue weighted by molar-refractivity contribution is 7.45. The molecule has 9 heteroatoms. The number of allylic oxidation sites excluding steroid dienone is 11. The van der Waals surface area contributed by atoms with E-state index in [1.54, 1.807) is 6.08 Å². The minimum absolute atomic E-state index is 0.00860. The molecule has 0 bridgehead atoms. The molecule has 3 atom stereocenters. The fourth-order valence-corrected chi connectivity index (χ4v) is 7.31. The predicted molar refractivity (Wildman–Crippen MR) is 256 cm³/mol. The van der Waals surface area contributed by atoms with Crippen molar-refractivity contribution in [3.8, 4) is 0 Å². The van der Waals surface area contributed by atoms with Crippen LogP contribution in [0.1, 0.15) is 194 Å². The number of carbonyl (C=O) groups is 1. The van der Waals surface area contributed by atoms with Crippen molar-refractivity contribution in [2.24, 2.45) is 0 Å². The molecule has 0 aromatic heterocycles. The third kappa shape index (κ3) is 44.0. The zero-order valence-corrected chi connectivity index (χ0v) is 40.3. The van der Waals surface area contributed by atoms with Gasteiger partial charge in [-0.2, -0.15) is 0 Å². The number of quaternary nitrogens is 1. The van der Waals surface area contributed by atoms with Gasteiger partial charge >= 0.3 is 0 Å². The van der Waals surface area contributed by atoms with Crippen LogP contribution in [-0.4, -0.2) is 68.5 Å². The summed E-state index contributed by atoms with van der Waals surface area (Å²) in [6.07, 6.45) is 56.6. The minimum Gasteiger partial charge on any atom is -0.756 e. The van der Waals surface area contributed by atoms with Gasteiger partial charge < -0.3 is 28.8 Å². The molecule has 0 fully saturated rings. The Morgan fingerprint density at radius 1 is 0.600 bits per heavy atom. The van der Waals surface area contributed by atoms with Gasteiger partial charge in [0, 0.05) is 6.42 Å². The summed E-state index contributed by atoms with van der Waals surface area (Å²) in [7, 11) is 1.24. The summed E-state index contributed by atoms with van der Waals surface area (Å²) < 4.78 is 23.2. The first-order valence-electron chi connectivity index (χ1n) is 24.3. The van der Waals surface area contributed by atoms with Gasteiger partial charge in [-0.1, -0.05) is 196 Å². The molecule has 0 saturated heterocycles. The van der Waals surface area contributed by atoms with Crippen LogP contribution >= 0.6 is 7.82 Å². The van der Waals surface area contributed by atoms with Gasteiger partial charge in [0.1, 0.15) is 13.2 Å². The number of aliphatic hydroxyl groups excluding tert-OH is 1. The van der Waals surface area contributed by atoms with Gasteiger partial charge in [-0.05, 0) is 64.2 Å². The summed E-state index contributed by atoms with van der Waals surface area (Å²) in [6.45, 7) is 4.51. The number of amides is 1. The summed E-state index contributed by atoms with van der Waals surface area (Å²) >= 11 is 0. The maximum atomic E-state index is 12.9. The molecule has 0 aliphatic rings. The molecule has 0 aliphatic heterocycles. The molecular weight excluding hydrogens is 768 g/mol. The van der Waals surface area contributed by atoms with Gasteiger partial charge in [-0.3, -0.25) is 9.36 Å². The molecule has 0 aromatic carbocycles. The predicted octanol–water partition coefficient (Wildman–Crippen LogP) is 13.3.